The van der Waals surface area contributed by atoms with Gasteiger partial charge in [0.25, 0.3) is 0 Å². The molecule has 3 fully saturated rings. The molecule has 306 valence electrons. The number of aliphatic hydroxyl groups is 1. The zero-order valence-electron chi connectivity index (χ0n) is 34.9. The van der Waals surface area contributed by atoms with E-state index in [2.05, 4.69) is 79.1 Å². The predicted octanol–water partition coefficient (Wildman–Crippen LogP) is 9.18. The van der Waals surface area contributed by atoms with Gasteiger partial charge in [-0.3, -0.25) is 9.97 Å². The second-order valence-electron chi connectivity index (χ2n) is 16.5. The summed E-state index contributed by atoms with van der Waals surface area (Å²) < 4.78 is 18.1. The highest BCUT2D eigenvalue weighted by molar-refractivity contribution is 5.94. The molecule has 6 aromatic rings. The Hall–Kier alpha value is -6.20. The van der Waals surface area contributed by atoms with Gasteiger partial charge in [0.2, 0.25) is 0 Å². The average Bonchev–Trinajstić information content (AvgIpc) is 3.79. The molecule has 10 heteroatoms. The van der Waals surface area contributed by atoms with Crippen molar-refractivity contribution in [2.24, 2.45) is 5.92 Å². The van der Waals surface area contributed by atoms with Crippen molar-refractivity contribution in [2.75, 3.05) is 42.6 Å². The summed E-state index contributed by atoms with van der Waals surface area (Å²) in [5, 5.41) is 30.1. The van der Waals surface area contributed by atoms with E-state index in [0.717, 1.165) is 107 Å². The molecule has 10 nitrogen and oxygen atoms in total. The summed E-state index contributed by atoms with van der Waals surface area (Å²) in [7, 11) is 0. The summed E-state index contributed by atoms with van der Waals surface area (Å²) in [5.74, 6) is 2.30. The minimum atomic E-state index is -0.260. The van der Waals surface area contributed by atoms with Crippen LogP contribution in [0.1, 0.15) is 70.5 Å². The Balaban J connectivity index is 0.000000168. The van der Waals surface area contributed by atoms with E-state index in [-0.39, 0.29) is 6.10 Å². The zero-order chi connectivity index (χ0) is 41.8. The van der Waals surface area contributed by atoms with Gasteiger partial charge in [0, 0.05) is 66.3 Å². The molecule has 2 saturated heterocycles. The van der Waals surface area contributed by atoms with Gasteiger partial charge in [-0.25, -0.2) is 0 Å². The van der Waals surface area contributed by atoms with Crippen molar-refractivity contribution in [1.82, 2.24) is 9.97 Å². The smallest absolute Gasteiger partial charge is 0.119 e. The molecule has 0 amide bonds. The second kappa shape index (κ2) is 18.0. The number of pyridine rings is 2. The van der Waals surface area contributed by atoms with Crippen LogP contribution in [0.5, 0.6) is 11.5 Å². The van der Waals surface area contributed by atoms with Crippen LogP contribution in [0.2, 0.25) is 0 Å². The fraction of sp³-hybridized carbons (Fsp3) is 0.360. The van der Waals surface area contributed by atoms with Crippen LogP contribution in [-0.2, 0) is 18.0 Å². The Morgan fingerprint density at radius 1 is 0.633 bits per heavy atom. The molecule has 2 aromatic heterocycles. The second-order valence-corrected chi connectivity index (χ2v) is 16.5. The van der Waals surface area contributed by atoms with Crippen LogP contribution in [0.25, 0.3) is 21.8 Å². The van der Waals surface area contributed by atoms with E-state index in [1.54, 1.807) is 24.3 Å². The Morgan fingerprint density at radius 2 is 1.12 bits per heavy atom. The van der Waals surface area contributed by atoms with Crippen LogP contribution in [-0.4, -0.2) is 60.1 Å². The number of nitrogens with zero attached hydrogens (tertiary/aromatic N) is 6. The number of ether oxygens (including phenoxy) is 3. The Morgan fingerprint density at radius 3 is 1.57 bits per heavy atom. The van der Waals surface area contributed by atoms with Crippen molar-refractivity contribution in [1.29, 1.82) is 10.5 Å². The maximum absolute atomic E-state index is 9.92. The summed E-state index contributed by atoms with van der Waals surface area (Å²) in [6.45, 7) is 13.6. The first kappa shape index (κ1) is 40.6. The van der Waals surface area contributed by atoms with Crippen LogP contribution in [0.4, 0.5) is 11.4 Å². The molecule has 0 unspecified atom stereocenters. The number of anilines is 2. The fourth-order valence-corrected chi connectivity index (χ4v) is 8.08. The highest BCUT2D eigenvalue weighted by Crippen LogP contribution is 2.35. The van der Waals surface area contributed by atoms with Gasteiger partial charge in [-0.2, -0.15) is 10.5 Å². The van der Waals surface area contributed by atoms with Crippen molar-refractivity contribution < 1.29 is 19.3 Å². The fourth-order valence-electron chi connectivity index (χ4n) is 8.08. The molecule has 9 rings (SSSR count). The SMILES string of the molecule is Cc1cc(N2CC[C@H](O)C2)c2cc(C)c(COc3ccc(C#N)cc3)cc2n1.Cc1cc(N2CC[C@H](OCC3CC3)C2)c2cc(C)c(COc3ccc(C#N)cc3)cc2n1. The first-order valence-corrected chi connectivity index (χ1v) is 21.0. The molecule has 0 spiro atoms. The molecule has 1 saturated carbocycles. The van der Waals surface area contributed by atoms with Crippen LogP contribution in [0.15, 0.2) is 84.9 Å². The Kier molecular flexibility index (Phi) is 12.1. The molecule has 2 aliphatic heterocycles. The van der Waals surface area contributed by atoms with Crippen LogP contribution < -0.4 is 19.3 Å². The van der Waals surface area contributed by atoms with Gasteiger partial charge in [-0.05, 0) is 166 Å². The third-order valence-electron chi connectivity index (χ3n) is 11.8. The van der Waals surface area contributed by atoms with E-state index < -0.39 is 0 Å². The van der Waals surface area contributed by atoms with E-state index >= 15 is 0 Å². The third-order valence-corrected chi connectivity index (χ3v) is 11.8. The largest absolute Gasteiger partial charge is 0.489 e. The normalized spacial score (nSPS) is 17.3. The van der Waals surface area contributed by atoms with Gasteiger partial charge in [-0.1, -0.05) is 0 Å². The van der Waals surface area contributed by atoms with Crippen molar-refractivity contribution in [3.05, 3.63) is 130 Å². The number of rotatable bonds is 11. The number of hydrogen-bond donors (Lipinski definition) is 1. The lowest BCUT2D eigenvalue weighted by molar-refractivity contribution is 0.0605. The molecule has 0 bridgehead atoms. The minimum absolute atomic E-state index is 0.260. The number of hydrogen-bond acceptors (Lipinski definition) is 10. The van der Waals surface area contributed by atoms with Crippen LogP contribution >= 0.6 is 0 Å². The maximum atomic E-state index is 9.92. The van der Waals surface area contributed by atoms with Crippen molar-refractivity contribution in [3.63, 3.8) is 0 Å². The highest BCUT2D eigenvalue weighted by Gasteiger charge is 2.29. The molecule has 0 radical (unpaired) electrons. The standard InChI is InChI=1S/C27H29N3O2.C23H23N3O2/c1-18-11-25-26(13-22(18)17-32-23-7-5-20(14-28)6-8-23)29-19(2)12-27(25)30-10-9-24(15-30)31-16-21-3-4-21;1-15-9-21-22(25-16(2)10-23(21)26-8-7-19(27)13-26)11-18(15)14-28-20-5-3-17(12-24)4-6-20/h5-8,11-13,21,24H,3-4,9-10,15-17H2,1-2H3;3-6,9-11,19,27H,7-8,13-14H2,1-2H3/t24-;19-/m00/s1. The minimum Gasteiger partial charge on any atom is -0.489 e. The van der Waals surface area contributed by atoms with Crippen molar-refractivity contribution in [2.45, 2.75) is 78.8 Å². The number of benzene rings is 4. The molecule has 2 atom stereocenters. The number of fused-ring (bicyclic) bond motifs is 2. The van der Waals surface area contributed by atoms with Gasteiger partial charge in [0.15, 0.2) is 0 Å². The summed E-state index contributed by atoms with van der Waals surface area (Å²) in [6.07, 6.45) is 4.64. The van der Waals surface area contributed by atoms with Gasteiger partial charge < -0.3 is 29.1 Å². The lowest BCUT2D eigenvalue weighted by atomic mass is 10.0. The molecule has 4 heterocycles. The van der Waals surface area contributed by atoms with E-state index in [1.807, 2.05) is 31.2 Å². The van der Waals surface area contributed by atoms with Gasteiger partial charge in [0.05, 0.1) is 46.5 Å². The predicted molar refractivity (Wildman–Crippen MR) is 236 cm³/mol. The number of aryl methyl sites for hydroxylation is 4. The maximum Gasteiger partial charge on any atom is 0.119 e. The van der Waals surface area contributed by atoms with Crippen LogP contribution in [0, 0.1) is 56.3 Å². The first-order chi connectivity index (χ1) is 29.1. The molecular weight excluding hydrogens is 749 g/mol. The van der Waals surface area contributed by atoms with Crippen LogP contribution in [0.3, 0.4) is 0 Å². The zero-order valence-corrected chi connectivity index (χ0v) is 34.9. The summed E-state index contributed by atoms with van der Waals surface area (Å²) >= 11 is 0. The summed E-state index contributed by atoms with van der Waals surface area (Å²) in [6, 6.07) is 31.6. The van der Waals surface area contributed by atoms with Gasteiger partial charge in [0.1, 0.15) is 24.7 Å². The van der Waals surface area contributed by atoms with E-state index in [0.29, 0.717) is 37.0 Å². The Labute approximate surface area is 352 Å². The number of aromatic nitrogens is 2. The lowest BCUT2D eigenvalue weighted by Gasteiger charge is -2.22. The average molecular weight is 801 g/mol. The summed E-state index contributed by atoms with van der Waals surface area (Å²) in [4.78, 5) is 14.3. The van der Waals surface area contributed by atoms with Crippen molar-refractivity contribution in [3.8, 4) is 23.6 Å². The van der Waals surface area contributed by atoms with E-state index in [4.69, 9.17) is 34.7 Å². The van der Waals surface area contributed by atoms with Gasteiger partial charge >= 0.3 is 0 Å². The Bertz CT molecular complexity index is 2580. The quantitative estimate of drug-likeness (QED) is 0.136. The number of β-amino-alcohol motifs (C(OH)–C–C–N with tert-alkyl or cyclic N) is 1. The monoisotopic (exact) mass is 800 g/mol. The lowest BCUT2D eigenvalue weighted by Crippen LogP contribution is -2.23. The molecule has 3 aliphatic rings. The van der Waals surface area contributed by atoms with Crippen molar-refractivity contribution >= 4 is 33.2 Å². The molecule has 1 N–H and O–H groups in total. The topological polar surface area (TPSA) is 128 Å². The molecule has 60 heavy (non-hydrogen) atoms. The first-order valence-electron chi connectivity index (χ1n) is 21.0. The summed E-state index contributed by atoms with van der Waals surface area (Å²) in [5.41, 5.74) is 12.1. The van der Waals surface area contributed by atoms with E-state index in [1.165, 1.54) is 29.5 Å². The molecular formula is C50H52N6O4. The molecule has 1 aliphatic carbocycles. The third kappa shape index (κ3) is 9.63. The van der Waals surface area contributed by atoms with E-state index in [9.17, 15) is 5.11 Å². The number of aliphatic hydroxyl groups excluding tert-OH is 1. The number of nitriles is 2. The molecule has 4 aromatic carbocycles. The van der Waals surface area contributed by atoms with Gasteiger partial charge in [-0.15, -0.1) is 0 Å². The highest BCUT2D eigenvalue weighted by atomic mass is 16.5.